The Kier molecular flexibility index (Phi) is 3.51. The van der Waals surface area contributed by atoms with Crippen LogP contribution >= 0.6 is 0 Å². The molecule has 3 heteroatoms. The van der Waals surface area contributed by atoms with Crippen LogP contribution in [-0.4, -0.2) is 16.5 Å². The molecule has 1 aromatic rings. The second-order valence-corrected chi connectivity index (χ2v) is 2.63. The number of nitrogens with one attached hydrogen (secondary N) is 1. The van der Waals surface area contributed by atoms with Crippen LogP contribution in [0.15, 0.2) is 12.4 Å². The first-order valence-electron chi connectivity index (χ1n) is 4.42. The van der Waals surface area contributed by atoms with E-state index in [4.69, 9.17) is 0 Å². The average molecular weight is 165 g/mol. The van der Waals surface area contributed by atoms with Crippen LogP contribution in [0.1, 0.15) is 26.0 Å². The minimum Gasteiger partial charge on any atom is -0.369 e. The lowest BCUT2D eigenvalue weighted by atomic mass is 10.2. The van der Waals surface area contributed by atoms with Crippen molar-refractivity contribution in [1.29, 1.82) is 0 Å². The van der Waals surface area contributed by atoms with Crippen molar-refractivity contribution in [2.75, 3.05) is 11.9 Å². The van der Waals surface area contributed by atoms with Gasteiger partial charge in [0.1, 0.15) is 5.82 Å². The molecule has 0 aromatic carbocycles. The molecule has 0 bridgehead atoms. The Hall–Kier alpha value is -1.12. The van der Waals surface area contributed by atoms with Crippen molar-refractivity contribution in [2.45, 2.75) is 26.7 Å². The van der Waals surface area contributed by atoms with Gasteiger partial charge in [-0.1, -0.05) is 13.3 Å². The maximum atomic E-state index is 4.26. The Morgan fingerprint density at radius 3 is 2.67 bits per heavy atom. The summed E-state index contributed by atoms with van der Waals surface area (Å²) in [5.41, 5.74) is 1.07. The van der Waals surface area contributed by atoms with Gasteiger partial charge in [-0.3, -0.25) is 4.98 Å². The maximum absolute atomic E-state index is 4.26. The fourth-order valence-corrected chi connectivity index (χ4v) is 1.10. The number of nitrogens with zero attached hydrogens (tertiary/aromatic N) is 2. The lowest BCUT2D eigenvalue weighted by molar-refractivity contribution is 0.870. The molecule has 3 nitrogen and oxygen atoms in total. The van der Waals surface area contributed by atoms with Gasteiger partial charge < -0.3 is 5.32 Å². The molecule has 66 valence electrons. The van der Waals surface area contributed by atoms with Crippen molar-refractivity contribution < 1.29 is 0 Å². The number of aromatic nitrogens is 2. The van der Waals surface area contributed by atoms with Gasteiger partial charge in [0.2, 0.25) is 0 Å². The van der Waals surface area contributed by atoms with Gasteiger partial charge in [-0.2, -0.15) is 0 Å². The summed E-state index contributed by atoms with van der Waals surface area (Å²) < 4.78 is 0. The SMILES string of the molecule is CCCc1nccnc1NCC. The van der Waals surface area contributed by atoms with Crippen LogP contribution in [0, 0.1) is 0 Å². The van der Waals surface area contributed by atoms with Crippen molar-refractivity contribution in [3.8, 4) is 0 Å². The van der Waals surface area contributed by atoms with E-state index in [9.17, 15) is 0 Å². The quantitative estimate of drug-likeness (QED) is 0.740. The summed E-state index contributed by atoms with van der Waals surface area (Å²) in [6.45, 7) is 5.10. The summed E-state index contributed by atoms with van der Waals surface area (Å²) in [7, 11) is 0. The largest absolute Gasteiger partial charge is 0.369 e. The molecule has 0 atom stereocenters. The summed E-state index contributed by atoms with van der Waals surface area (Å²) in [6, 6.07) is 0. The number of aryl methyl sites for hydroxylation is 1. The minimum absolute atomic E-state index is 0.898. The lowest BCUT2D eigenvalue weighted by Gasteiger charge is -2.06. The average Bonchev–Trinajstić information content (AvgIpc) is 2.09. The molecule has 0 fully saturated rings. The van der Waals surface area contributed by atoms with Crippen molar-refractivity contribution in [3.63, 3.8) is 0 Å². The molecule has 1 rings (SSSR count). The first-order chi connectivity index (χ1) is 5.88. The second-order valence-electron chi connectivity index (χ2n) is 2.63. The van der Waals surface area contributed by atoms with Gasteiger partial charge in [-0.25, -0.2) is 4.98 Å². The van der Waals surface area contributed by atoms with Gasteiger partial charge in [0.05, 0.1) is 5.69 Å². The molecule has 0 saturated heterocycles. The number of hydrogen-bond acceptors (Lipinski definition) is 3. The highest BCUT2D eigenvalue weighted by Gasteiger charge is 2.00. The fraction of sp³-hybridized carbons (Fsp3) is 0.556. The van der Waals surface area contributed by atoms with Gasteiger partial charge in [0.15, 0.2) is 0 Å². The molecular weight excluding hydrogens is 150 g/mol. The molecule has 1 heterocycles. The van der Waals surface area contributed by atoms with E-state index in [0.717, 1.165) is 30.9 Å². The van der Waals surface area contributed by atoms with Gasteiger partial charge >= 0.3 is 0 Å². The Morgan fingerprint density at radius 2 is 2.00 bits per heavy atom. The van der Waals surface area contributed by atoms with Crippen LogP contribution < -0.4 is 5.32 Å². The third-order valence-corrected chi connectivity index (χ3v) is 1.61. The summed E-state index contributed by atoms with van der Waals surface area (Å²) in [5, 5.41) is 3.19. The number of rotatable bonds is 4. The molecule has 0 amide bonds. The predicted octanol–water partition coefficient (Wildman–Crippen LogP) is 1.86. The molecule has 0 unspecified atom stereocenters. The van der Waals surface area contributed by atoms with Crippen LogP contribution in [0.4, 0.5) is 5.82 Å². The van der Waals surface area contributed by atoms with Crippen molar-refractivity contribution in [1.82, 2.24) is 9.97 Å². The fourth-order valence-electron chi connectivity index (χ4n) is 1.10. The standard InChI is InChI=1S/C9H15N3/c1-3-5-8-9(10-4-2)12-7-6-11-8/h6-7H,3-5H2,1-2H3,(H,10,12). The zero-order chi connectivity index (χ0) is 8.81. The molecule has 0 spiro atoms. The maximum Gasteiger partial charge on any atom is 0.147 e. The minimum atomic E-state index is 0.898. The van der Waals surface area contributed by atoms with E-state index in [-0.39, 0.29) is 0 Å². The molecule has 0 radical (unpaired) electrons. The van der Waals surface area contributed by atoms with E-state index in [2.05, 4.69) is 29.1 Å². The number of anilines is 1. The number of hydrogen-bond donors (Lipinski definition) is 1. The van der Waals surface area contributed by atoms with E-state index >= 15 is 0 Å². The first-order valence-corrected chi connectivity index (χ1v) is 4.42. The molecule has 0 aliphatic heterocycles. The zero-order valence-electron chi connectivity index (χ0n) is 7.67. The lowest BCUT2D eigenvalue weighted by Crippen LogP contribution is -2.04. The zero-order valence-corrected chi connectivity index (χ0v) is 7.67. The molecule has 0 saturated carbocycles. The third-order valence-electron chi connectivity index (χ3n) is 1.61. The van der Waals surface area contributed by atoms with Crippen molar-refractivity contribution in [3.05, 3.63) is 18.1 Å². The normalized spacial score (nSPS) is 9.83. The van der Waals surface area contributed by atoms with E-state index in [1.807, 2.05) is 0 Å². The second kappa shape index (κ2) is 4.70. The smallest absolute Gasteiger partial charge is 0.147 e. The van der Waals surface area contributed by atoms with Gasteiger partial charge in [0, 0.05) is 18.9 Å². The van der Waals surface area contributed by atoms with Gasteiger partial charge in [-0.15, -0.1) is 0 Å². The van der Waals surface area contributed by atoms with Crippen molar-refractivity contribution >= 4 is 5.82 Å². The highest BCUT2D eigenvalue weighted by molar-refractivity contribution is 5.38. The van der Waals surface area contributed by atoms with Crippen molar-refractivity contribution in [2.24, 2.45) is 0 Å². The molecule has 0 aliphatic carbocycles. The third kappa shape index (κ3) is 2.19. The van der Waals surface area contributed by atoms with Crippen LogP contribution in [0.2, 0.25) is 0 Å². The Labute approximate surface area is 73.2 Å². The van der Waals surface area contributed by atoms with Crippen LogP contribution in [0.25, 0.3) is 0 Å². The van der Waals surface area contributed by atoms with E-state index < -0.39 is 0 Å². The highest BCUT2D eigenvalue weighted by atomic mass is 15.0. The Balaban J connectivity index is 2.77. The monoisotopic (exact) mass is 165 g/mol. The van der Waals surface area contributed by atoms with Gasteiger partial charge in [-0.05, 0) is 13.3 Å². The molecular formula is C9H15N3. The highest BCUT2D eigenvalue weighted by Crippen LogP contribution is 2.09. The summed E-state index contributed by atoms with van der Waals surface area (Å²) in [5.74, 6) is 0.932. The molecule has 12 heavy (non-hydrogen) atoms. The predicted molar refractivity (Wildman–Crippen MR) is 50.2 cm³/mol. The van der Waals surface area contributed by atoms with Crippen LogP contribution in [-0.2, 0) is 6.42 Å². The Morgan fingerprint density at radius 1 is 1.25 bits per heavy atom. The van der Waals surface area contributed by atoms with Crippen LogP contribution in [0.5, 0.6) is 0 Å². The summed E-state index contributed by atoms with van der Waals surface area (Å²) in [4.78, 5) is 8.48. The van der Waals surface area contributed by atoms with Gasteiger partial charge in [0.25, 0.3) is 0 Å². The molecule has 1 N–H and O–H groups in total. The molecule has 1 aromatic heterocycles. The molecule has 0 aliphatic rings. The van der Waals surface area contributed by atoms with Crippen LogP contribution in [0.3, 0.4) is 0 Å². The topological polar surface area (TPSA) is 37.8 Å². The van der Waals surface area contributed by atoms with E-state index in [1.165, 1.54) is 0 Å². The summed E-state index contributed by atoms with van der Waals surface area (Å²) >= 11 is 0. The van der Waals surface area contributed by atoms with E-state index in [0.29, 0.717) is 0 Å². The van der Waals surface area contributed by atoms with E-state index in [1.54, 1.807) is 12.4 Å². The summed E-state index contributed by atoms with van der Waals surface area (Å²) in [6.07, 6.45) is 5.57. The first kappa shape index (κ1) is 8.97. The Bertz CT molecular complexity index is 210.